The van der Waals surface area contributed by atoms with Crippen molar-refractivity contribution in [2.24, 2.45) is 0 Å². The van der Waals surface area contributed by atoms with E-state index in [1.54, 1.807) is 0 Å². The van der Waals surface area contributed by atoms with E-state index < -0.39 is 0 Å². The van der Waals surface area contributed by atoms with Gasteiger partial charge in [0.05, 0.1) is 51.3 Å². The number of hydrogen-bond donors (Lipinski definition) is 0. The first-order chi connectivity index (χ1) is 31.2. The Kier molecular flexibility index (Phi) is 9.19. The van der Waals surface area contributed by atoms with Crippen LogP contribution >= 0.6 is 0 Å². The molecule has 3 aromatic heterocycles. The average molecular weight is 823 g/mol. The van der Waals surface area contributed by atoms with Crippen molar-refractivity contribution in [3.05, 3.63) is 209 Å². The van der Waals surface area contributed by atoms with Crippen molar-refractivity contribution >= 4 is 43.6 Å². The highest BCUT2D eigenvalue weighted by atomic mass is 15.0. The van der Waals surface area contributed by atoms with Crippen molar-refractivity contribution < 1.29 is 0 Å². The molecule has 0 saturated carbocycles. The molecule has 0 N–H and O–H groups in total. The van der Waals surface area contributed by atoms with Gasteiger partial charge in [0.2, 0.25) is 0 Å². The molecule has 64 heavy (non-hydrogen) atoms. The molecule has 4 nitrogen and oxygen atoms in total. The quantitative estimate of drug-likeness (QED) is 0.168. The van der Waals surface area contributed by atoms with Crippen molar-refractivity contribution in [2.75, 3.05) is 0 Å². The van der Waals surface area contributed by atoms with Gasteiger partial charge in [-0.15, -0.1) is 0 Å². The number of nitriles is 1. The zero-order valence-electron chi connectivity index (χ0n) is 37.0. The van der Waals surface area contributed by atoms with Gasteiger partial charge in [-0.2, -0.15) is 5.26 Å². The van der Waals surface area contributed by atoms with Gasteiger partial charge >= 0.3 is 0 Å². The van der Waals surface area contributed by atoms with E-state index in [4.69, 9.17) is 4.98 Å². The summed E-state index contributed by atoms with van der Waals surface area (Å²) in [4.78, 5) is 4.75. The first kappa shape index (κ1) is 38.9. The van der Waals surface area contributed by atoms with E-state index in [-0.39, 0.29) is 0 Å². The number of benzene rings is 8. The number of aryl methyl sites for hydroxylation is 6. The molecule has 306 valence electrons. The molecule has 0 fully saturated rings. The lowest BCUT2D eigenvalue weighted by atomic mass is 9.93. The number of nitrogens with zero attached hydrogens (tertiary/aromatic N) is 4. The summed E-state index contributed by atoms with van der Waals surface area (Å²) in [5.74, 6) is 0. The maximum Gasteiger partial charge on any atom is 0.0998 e. The van der Waals surface area contributed by atoms with E-state index in [1.807, 2.05) is 30.6 Å². The average Bonchev–Trinajstić information content (AvgIpc) is 3.80. The first-order valence-corrected chi connectivity index (χ1v) is 22.0. The fourth-order valence-electron chi connectivity index (χ4n) is 10.8. The number of hydrogen-bond acceptors (Lipinski definition) is 2. The zero-order chi connectivity index (χ0) is 43.8. The normalized spacial score (nSPS) is 11.6. The molecular formula is C60H46N4. The predicted octanol–water partition coefficient (Wildman–Crippen LogP) is 15.7. The van der Waals surface area contributed by atoms with Crippen LogP contribution in [0.5, 0.6) is 0 Å². The number of aromatic nitrogens is 3. The molecule has 11 aromatic rings. The molecule has 8 aromatic carbocycles. The van der Waals surface area contributed by atoms with E-state index in [0.29, 0.717) is 5.56 Å². The van der Waals surface area contributed by atoms with Crippen molar-refractivity contribution in [3.63, 3.8) is 0 Å². The van der Waals surface area contributed by atoms with Crippen LogP contribution in [0.3, 0.4) is 0 Å². The minimum absolute atomic E-state index is 0.626. The Morgan fingerprint density at radius 2 is 0.891 bits per heavy atom. The SMILES string of the molecule is Cc1cc(C)c(-c2ccc3c(c2)c2ccccc2n3-c2cnccc2-c2ccc(-n3c4ccccc4c4cc(-c5c(C)cc(C)cc5C)ccc43)c(-c3ccccc3C#N)c2)c(C)c1. The van der Waals surface area contributed by atoms with E-state index in [0.717, 1.165) is 55.7 Å². The summed E-state index contributed by atoms with van der Waals surface area (Å²) >= 11 is 0. The number of para-hydroxylation sites is 2. The van der Waals surface area contributed by atoms with Crippen LogP contribution in [-0.2, 0) is 0 Å². The van der Waals surface area contributed by atoms with Crippen LogP contribution in [0.1, 0.15) is 38.9 Å². The summed E-state index contributed by atoms with van der Waals surface area (Å²) < 4.78 is 4.75. The van der Waals surface area contributed by atoms with Crippen LogP contribution in [0.2, 0.25) is 0 Å². The molecule has 0 bridgehead atoms. The lowest BCUT2D eigenvalue weighted by molar-refractivity contribution is 1.14. The summed E-state index contributed by atoms with van der Waals surface area (Å²) in [6, 6.07) is 59.6. The molecule has 0 aliphatic rings. The van der Waals surface area contributed by atoms with Gasteiger partial charge in [0.25, 0.3) is 0 Å². The van der Waals surface area contributed by atoms with Crippen LogP contribution in [0.4, 0.5) is 0 Å². The Labute approximate surface area is 374 Å². The molecule has 11 rings (SSSR count). The van der Waals surface area contributed by atoms with Gasteiger partial charge in [-0.1, -0.05) is 108 Å². The predicted molar refractivity (Wildman–Crippen MR) is 268 cm³/mol. The van der Waals surface area contributed by atoms with E-state index in [2.05, 4.69) is 196 Å². The molecular weight excluding hydrogens is 777 g/mol. The summed E-state index contributed by atoms with van der Waals surface area (Å²) in [6.07, 6.45) is 3.87. The maximum atomic E-state index is 10.6. The zero-order valence-corrected chi connectivity index (χ0v) is 37.0. The molecule has 4 heteroatoms. The smallest absolute Gasteiger partial charge is 0.0998 e. The van der Waals surface area contributed by atoms with Gasteiger partial charge in [-0.3, -0.25) is 4.98 Å². The van der Waals surface area contributed by atoms with E-state index in [9.17, 15) is 5.26 Å². The van der Waals surface area contributed by atoms with Crippen molar-refractivity contribution in [3.8, 4) is 62.0 Å². The van der Waals surface area contributed by atoms with Crippen LogP contribution in [0.25, 0.3) is 99.5 Å². The molecule has 0 amide bonds. The minimum atomic E-state index is 0.626. The van der Waals surface area contributed by atoms with Gasteiger partial charge in [0.15, 0.2) is 0 Å². The molecule has 0 spiro atoms. The van der Waals surface area contributed by atoms with E-state index in [1.165, 1.54) is 77.2 Å². The summed E-state index contributed by atoms with van der Waals surface area (Å²) in [6.45, 7) is 13.2. The second-order valence-electron chi connectivity index (χ2n) is 17.5. The molecule has 0 radical (unpaired) electrons. The Morgan fingerprint density at radius 3 is 1.45 bits per heavy atom. The Morgan fingerprint density at radius 1 is 0.406 bits per heavy atom. The second-order valence-corrected chi connectivity index (χ2v) is 17.5. The van der Waals surface area contributed by atoms with Crippen LogP contribution in [0.15, 0.2) is 170 Å². The van der Waals surface area contributed by atoms with Gasteiger partial charge < -0.3 is 9.13 Å². The van der Waals surface area contributed by atoms with Gasteiger partial charge in [0, 0.05) is 44.4 Å². The number of rotatable bonds is 6. The van der Waals surface area contributed by atoms with Crippen molar-refractivity contribution in [1.82, 2.24) is 14.1 Å². The lowest BCUT2D eigenvalue weighted by Crippen LogP contribution is -2.01. The Bertz CT molecular complexity index is 3710. The first-order valence-electron chi connectivity index (χ1n) is 22.0. The Hall–Kier alpha value is -8.00. The monoisotopic (exact) mass is 822 g/mol. The molecule has 0 atom stereocenters. The fraction of sp³-hybridized carbons (Fsp3) is 0.100. The van der Waals surface area contributed by atoms with Crippen molar-refractivity contribution in [1.29, 1.82) is 5.26 Å². The molecule has 0 unspecified atom stereocenters. The third-order valence-electron chi connectivity index (χ3n) is 13.2. The van der Waals surface area contributed by atoms with Crippen LogP contribution in [-0.4, -0.2) is 14.1 Å². The topological polar surface area (TPSA) is 46.5 Å². The molecule has 0 aliphatic carbocycles. The van der Waals surface area contributed by atoms with Crippen LogP contribution < -0.4 is 0 Å². The second kappa shape index (κ2) is 15.1. The minimum Gasteiger partial charge on any atom is -0.309 e. The summed E-state index contributed by atoms with van der Waals surface area (Å²) in [5, 5.41) is 15.3. The van der Waals surface area contributed by atoms with Gasteiger partial charge in [0.1, 0.15) is 0 Å². The highest BCUT2D eigenvalue weighted by molar-refractivity contribution is 6.12. The maximum absolute atomic E-state index is 10.6. The summed E-state index contributed by atoms with van der Waals surface area (Å²) in [5.41, 5.74) is 23.7. The Balaban J connectivity index is 1.13. The lowest BCUT2D eigenvalue weighted by Gasteiger charge is -2.19. The third-order valence-corrected chi connectivity index (χ3v) is 13.2. The highest BCUT2D eigenvalue weighted by Gasteiger charge is 2.22. The third kappa shape index (κ3) is 6.15. The van der Waals surface area contributed by atoms with Gasteiger partial charge in [-0.25, -0.2) is 0 Å². The van der Waals surface area contributed by atoms with Crippen LogP contribution in [0, 0.1) is 52.9 Å². The highest BCUT2D eigenvalue weighted by Crippen LogP contribution is 2.43. The molecule has 0 saturated heterocycles. The van der Waals surface area contributed by atoms with Gasteiger partial charge in [-0.05, 0) is 152 Å². The molecule has 3 heterocycles. The number of pyridine rings is 1. The van der Waals surface area contributed by atoms with E-state index >= 15 is 0 Å². The fourth-order valence-corrected chi connectivity index (χ4v) is 10.8. The molecule has 0 aliphatic heterocycles. The largest absolute Gasteiger partial charge is 0.309 e. The number of fused-ring (bicyclic) bond motifs is 6. The summed E-state index contributed by atoms with van der Waals surface area (Å²) in [7, 11) is 0. The van der Waals surface area contributed by atoms with Crippen molar-refractivity contribution in [2.45, 2.75) is 41.5 Å². The standard InChI is InChI=1S/C60H46N4/c1-36-27-38(3)59(39(4)28-36)43-20-23-56-51(32-43)48-15-9-11-17-53(48)63(56)55-22-19-42(31-50(55)46-14-8-7-13-45(46)34-61)47-25-26-62-35-58(47)64-54-18-12-10-16-49(54)52-33-44(21-24-57(52)64)60-40(5)29-37(2)30-41(60)6/h7-33,35H,1-6H3.